The first kappa shape index (κ1) is 25.5. The molecule has 0 saturated heterocycles. The molecule has 9 nitrogen and oxygen atoms in total. The zero-order valence-corrected chi connectivity index (χ0v) is 20.7. The van der Waals surface area contributed by atoms with Crippen molar-refractivity contribution in [3.8, 4) is 34.3 Å². The van der Waals surface area contributed by atoms with E-state index < -0.39 is 0 Å². The predicted molar refractivity (Wildman–Crippen MR) is 132 cm³/mol. The number of ether oxygens (including phenoxy) is 3. The van der Waals surface area contributed by atoms with Crippen LogP contribution in [0.25, 0.3) is 17.1 Å². The molecule has 3 aromatic heterocycles. The van der Waals surface area contributed by atoms with Gasteiger partial charge < -0.3 is 14.2 Å². The molecule has 0 N–H and O–H groups in total. The van der Waals surface area contributed by atoms with Crippen LogP contribution in [0.1, 0.15) is 26.9 Å². The van der Waals surface area contributed by atoms with E-state index in [2.05, 4.69) is 39.0 Å². The van der Waals surface area contributed by atoms with Crippen LogP contribution in [0.4, 0.5) is 4.39 Å². The zero-order valence-electron chi connectivity index (χ0n) is 20.7. The van der Waals surface area contributed by atoms with Crippen molar-refractivity contribution in [3.05, 3.63) is 66.5 Å². The molecule has 0 radical (unpaired) electrons. The molecule has 0 aliphatic rings. The van der Waals surface area contributed by atoms with Gasteiger partial charge in [-0.15, -0.1) is 10.2 Å². The summed E-state index contributed by atoms with van der Waals surface area (Å²) in [5.41, 5.74) is 1.52. The van der Waals surface area contributed by atoms with Crippen molar-refractivity contribution in [2.75, 3.05) is 21.3 Å². The molecule has 0 aliphatic carbocycles. The van der Waals surface area contributed by atoms with Gasteiger partial charge in [0.1, 0.15) is 34.6 Å². The quantitative estimate of drug-likeness (QED) is 0.373. The molecule has 0 amide bonds. The van der Waals surface area contributed by atoms with E-state index >= 15 is 0 Å². The molecule has 0 spiro atoms. The highest BCUT2D eigenvalue weighted by molar-refractivity contribution is 5.65. The van der Waals surface area contributed by atoms with Crippen LogP contribution >= 0.6 is 0 Å². The molecule has 0 saturated carbocycles. The first-order valence-electron chi connectivity index (χ1n) is 11.0. The van der Waals surface area contributed by atoms with Crippen LogP contribution in [0.5, 0.6) is 17.2 Å². The summed E-state index contributed by atoms with van der Waals surface area (Å²) in [5.74, 6) is 4.15. The number of aryl methyl sites for hydroxylation is 1. The maximum Gasteiger partial charge on any atom is 0.170 e. The molecule has 0 bridgehead atoms. The van der Waals surface area contributed by atoms with E-state index in [0.29, 0.717) is 40.6 Å². The Morgan fingerprint density at radius 3 is 2.17 bits per heavy atom. The van der Waals surface area contributed by atoms with E-state index in [0.717, 1.165) is 17.7 Å². The van der Waals surface area contributed by atoms with Crippen molar-refractivity contribution in [2.45, 2.75) is 27.2 Å². The number of nitrogens with zero attached hydrogens (tertiary/aromatic N) is 6. The van der Waals surface area contributed by atoms with Crippen LogP contribution in [0, 0.1) is 18.7 Å². The second kappa shape index (κ2) is 11.9. The molecule has 0 unspecified atom stereocenters. The Bertz CT molecular complexity index is 1230. The lowest BCUT2D eigenvalue weighted by Crippen LogP contribution is -2.05. The van der Waals surface area contributed by atoms with Gasteiger partial charge in [0, 0.05) is 19.6 Å². The molecule has 186 valence electrons. The van der Waals surface area contributed by atoms with Gasteiger partial charge in [-0.25, -0.2) is 14.4 Å². The maximum atomic E-state index is 12.3. The van der Waals surface area contributed by atoms with E-state index in [1.54, 1.807) is 33.7 Å². The molecule has 0 aliphatic heterocycles. The Balaban J connectivity index is 0.000000321. The minimum Gasteiger partial charge on any atom is -0.495 e. The maximum absolute atomic E-state index is 12.3. The lowest BCUT2D eigenvalue weighted by Gasteiger charge is -2.16. The van der Waals surface area contributed by atoms with Crippen molar-refractivity contribution < 1.29 is 20.0 Å². The number of pyridine rings is 1. The summed E-state index contributed by atoms with van der Waals surface area (Å²) in [6.07, 6.45) is 6.56. The normalized spacial score (nSPS) is 10.5. The number of halogens is 1. The number of para-hydroxylation sites is 1. The molecular weight excluding hydrogens is 451 g/mol. The van der Waals surface area contributed by atoms with Crippen LogP contribution in [-0.2, 0) is 6.42 Å². The highest BCUT2D eigenvalue weighted by Gasteiger charge is 2.20. The lowest BCUT2D eigenvalue weighted by molar-refractivity contribution is 0.391. The van der Waals surface area contributed by atoms with Crippen LogP contribution < -0.4 is 14.2 Å². The average Bonchev–Trinajstić information content (AvgIpc) is 3.25. The van der Waals surface area contributed by atoms with Crippen molar-refractivity contribution in [3.63, 3.8) is 0 Å². The summed E-state index contributed by atoms with van der Waals surface area (Å²) in [7, 11) is 4.83. The van der Waals surface area contributed by atoms with Gasteiger partial charge in [0.2, 0.25) is 0 Å². The second-order valence-electron chi connectivity index (χ2n) is 7.95. The number of hydrogen-bond acceptors (Lipinski definition) is 8. The van der Waals surface area contributed by atoms with Crippen molar-refractivity contribution in [1.29, 1.82) is 0 Å². The van der Waals surface area contributed by atoms with Crippen LogP contribution in [0.15, 0.2) is 49.1 Å². The Labute approximate surface area is 205 Å². The molecule has 10 heteroatoms. The predicted octanol–water partition coefficient (Wildman–Crippen LogP) is 4.72. The van der Waals surface area contributed by atoms with Crippen LogP contribution in [-0.4, -0.2) is 51.0 Å². The van der Waals surface area contributed by atoms with E-state index in [4.69, 9.17) is 14.2 Å². The molecule has 1 aromatic carbocycles. The van der Waals surface area contributed by atoms with Crippen molar-refractivity contribution in [1.82, 2.24) is 29.7 Å². The molecule has 35 heavy (non-hydrogen) atoms. The van der Waals surface area contributed by atoms with Gasteiger partial charge in [-0.3, -0.25) is 9.55 Å². The standard InChI is InChI=1S/C17H18N4O3.C8H11FN2.H2/c1-11-19-20-17(12-8-13(22-2)10-18-9-12)21(11)16-14(23-3)6-5-7-15(16)24-4;1-6(2)3-8-10-4-7(9)5-11-8;/h5-10H,1-4H3;4-6H,3H2,1-2H3;1H. The van der Waals surface area contributed by atoms with Gasteiger partial charge >= 0.3 is 0 Å². The van der Waals surface area contributed by atoms with Gasteiger partial charge in [0.05, 0.1) is 39.9 Å². The van der Waals surface area contributed by atoms with Gasteiger partial charge in [-0.2, -0.15) is 0 Å². The minimum absolute atomic E-state index is 0. The number of rotatable bonds is 7. The fraction of sp³-hybridized carbons (Fsp3) is 0.320. The van der Waals surface area contributed by atoms with Crippen molar-refractivity contribution in [2.24, 2.45) is 5.92 Å². The number of methoxy groups -OCH3 is 3. The Hall–Kier alpha value is -4.08. The summed E-state index contributed by atoms with van der Waals surface area (Å²) in [6.45, 7) is 6.02. The molecule has 0 fully saturated rings. The molecule has 0 atom stereocenters. The summed E-state index contributed by atoms with van der Waals surface area (Å²) >= 11 is 0. The fourth-order valence-electron chi connectivity index (χ4n) is 3.33. The zero-order chi connectivity index (χ0) is 25.4. The van der Waals surface area contributed by atoms with Crippen molar-refractivity contribution >= 4 is 0 Å². The Morgan fingerprint density at radius 1 is 0.943 bits per heavy atom. The van der Waals surface area contributed by atoms with E-state index in [-0.39, 0.29) is 7.24 Å². The fourth-order valence-corrected chi connectivity index (χ4v) is 3.33. The minimum atomic E-state index is -0.377. The SMILES string of the molecule is CC(C)Cc1ncc(F)cn1.COc1cncc(-c2nnc(C)n2-c2c(OC)cccc2OC)c1.[HH]. The van der Waals surface area contributed by atoms with E-state index in [9.17, 15) is 4.39 Å². The number of benzene rings is 1. The summed E-state index contributed by atoms with van der Waals surface area (Å²) < 4.78 is 30.4. The van der Waals surface area contributed by atoms with Gasteiger partial charge in [0.15, 0.2) is 11.6 Å². The van der Waals surface area contributed by atoms with Gasteiger partial charge in [-0.1, -0.05) is 19.9 Å². The second-order valence-corrected chi connectivity index (χ2v) is 7.95. The smallest absolute Gasteiger partial charge is 0.170 e. The third-order valence-corrected chi connectivity index (χ3v) is 4.92. The Morgan fingerprint density at radius 2 is 1.60 bits per heavy atom. The van der Waals surface area contributed by atoms with Crippen LogP contribution in [0.3, 0.4) is 0 Å². The third-order valence-electron chi connectivity index (χ3n) is 4.92. The first-order valence-corrected chi connectivity index (χ1v) is 11.0. The highest BCUT2D eigenvalue weighted by Crippen LogP contribution is 2.36. The molecular formula is C25H31FN6O3. The average molecular weight is 483 g/mol. The molecule has 3 heterocycles. The van der Waals surface area contributed by atoms with Gasteiger partial charge in [-0.05, 0) is 31.0 Å². The number of aromatic nitrogens is 6. The van der Waals surface area contributed by atoms with E-state index in [1.807, 2.05) is 35.8 Å². The first-order chi connectivity index (χ1) is 16.9. The highest BCUT2D eigenvalue weighted by atomic mass is 19.1. The summed E-state index contributed by atoms with van der Waals surface area (Å²) in [4.78, 5) is 11.9. The third kappa shape index (κ3) is 6.28. The monoisotopic (exact) mass is 482 g/mol. The van der Waals surface area contributed by atoms with Gasteiger partial charge in [0.25, 0.3) is 0 Å². The largest absolute Gasteiger partial charge is 0.495 e. The van der Waals surface area contributed by atoms with Crippen LogP contribution in [0.2, 0.25) is 0 Å². The molecule has 4 aromatic rings. The number of hydrogen-bond donors (Lipinski definition) is 0. The lowest BCUT2D eigenvalue weighted by atomic mass is 10.1. The topological polar surface area (TPSA) is 97.1 Å². The summed E-state index contributed by atoms with van der Waals surface area (Å²) in [5, 5.41) is 8.50. The van der Waals surface area contributed by atoms with E-state index in [1.165, 1.54) is 12.4 Å². The molecule has 4 rings (SSSR count). The Kier molecular flexibility index (Phi) is 8.66. The summed E-state index contributed by atoms with van der Waals surface area (Å²) in [6, 6.07) is 7.46.